The van der Waals surface area contributed by atoms with E-state index in [1.165, 1.54) is 12.1 Å². The number of hydrogen-bond acceptors (Lipinski definition) is 10. The number of unbranched alkanes of at least 4 members (excludes halogenated alkanes) is 3. The van der Waals surface area contributed by atoms with Crippen molar-refractivity contribution in [3.05, 3.63) is 41.9 Å². The smallest absolute Gasteiger partial charge is 0.321 e. The number of amides is 6. The molecule has 0 saturated carbocycles. The molecule has 0 aromatic heterocycles. The summed E-state index contributed by atoms with van der Waals surface area (Å²) in [7, 11) is 0. The lowest BCUT2D eigenvalue weighted by atomic mass is 10.0. The number of aromatic carboxylic acids is 1. The first-order valence-corrected chi connectivity index (χ1v) is 17.9. The fraction of sp³-hybridized carbons (Fsp3) is 0.536. The van der Waals surface area contributed by atoms with Crippen LogP contribution < -0.4 is 40.1 Å². The molecule has 3 aliphatic rings. The van der Waals surface area contributed by atoms with Crippen LogP contribution >= 0.6 is 33.1 Å². The van der Waals surface area contributed by atoms with Crippen LogP contribution in [-0.4, -0.2) is 72.6 Å². The number of fused-ring (bicyclic) bond motifs is 1. The van der Waals surface area contributed by atoms with Crippen LogP contribution in [-0.2, 0) is 14.4 Å². The zero-order chi connectivity index (χ0) is 32.0. The number of nitrogens with zero attached hydrogens (tertiary/aromatic N) is 2. The summed E-state index contributed by atoms with van der Waals surface area (Å²) < 4.78 is 5.72. The van der Waals surface area contributed by atoms with Gasteiger partial charge in [0.05, 0.1) is 29.9 Å². The van der Waals surface area contributed by atoms with Gasteiger partial charge in [-0.1, -0.05) is 25.0 Å². The molecule has 0 aliphatic carbocycles. The van der Waals surface area contributed by atoms with Crippen molar-refractivity contribution in [2.45, 2.75) is 68.7 Å². The van der Waals surface area contributed by atoms with Gasteiger partial charge in [-0.3, -0.25) is 18.0 Å². The Balaban J connectivity index is 0.963. The van der Waals surface area contributed by atoms with Gasteiger partial charge in [0.1, 0.15) is 0 Å². The van der Waals surface area contributed by atoms with E-state index in [0.717, 1.165) is 37.9 Å². The zero-order valence-electron chi connectivity index (χ0n) is 24.6. The van der Waals surface area contributed by atoms with Gasteiger partial charge in [-0.15, -0.1) is 0 Å². The van der Waals surface area contributed by atoms with Crippen molar-refractivity contribution in [1.82, 2.24) is 31.9 Å². The van der Waals surface area contributed by atoms with Crippen LogP contribution in [0.5, 0.6) is 0 Å². The number of urea groups is 2. The fourth-order valence-corrected chi connectivity index (χ4v) is 7.93. The number of benzene rings is 1. The van der Waals surface area contributed by atoms with Gasteiger partial charge in [0.25, 0.3) is 0 Å². The Bertz CT molecular complexity index is 1280. The van der Waals surface area contributed by atoms with Crippen molar-refractivity contribution in [3.63, 3.8) is 0 Å². The molecule has 3 atom stereocenters. The van der Waals surface area contributed by atoms with E-state index in [1.807, 2.05) is 11.8 Å². The topological polar surface area (TPSA) is 205 Å². The van der Waals surface area contributed by atoms with E-state index in [9.17, 15) is 29.1 Å². The molecule has 2 fully saturated rings. The second-order valence-electron chi connectivity index (χ2n) is 10.6. The molecule has 45 heavy (non-hydrogen) atoms. The highest BCUT2D eigenvalue weighted by Crippen LogP contribution is 2.33. The summed E-state index contributed by atoms with van der Waals surface area (Å²) in [5.74, 6) is -0.277. The lowest BCUT2D eigenvalue weighted by Gasteiger charge is -2.19. The molecule has 17 heteroatoms. The molecule has 2 saturated heterocycles. The summed E-state index contributed by atoms with van der Waals surface area (Å²) in [5.41, 5.74) is 0.763. The number of thioether (sulfide) groups is 1. The van der Waals surface area contributed by atoms with E-state index in [0.29, 0.717) is 36.7 Å². The molecule has 4 rings (SSSR count). The van der Waals surface area contributed by atoms with Gasteiger partial charge in [-0.25, -0.2) is 9.59 Å². The summed E-state index contributed by atoms with van der Waals surface area (Å²) in [6.07, 6.45) is 7.51. The third-order valence-electron chi connectivity index (χ3n) is 7.28. The Morgan fingerprint density at radius 1 is 0.956 bits per heavy atom. The summed E-state index contributed by atoms with van der Waals surface area (Å²) in [6, 6.07) is 5.92. The van der Waals surface area contributed by atoms with Gasteiger partial charge in [0.15, 0.2) is 21.3 Å². The number of anilines is 1. The molecule has 0 unspecified atom stereocenters. The second-order valence-corrected chi connectivity index (χ2v) is 13.8. The third kappa shape index (κ3) is 11.4. The molecule has 6 N–H and O–H groups in total. The first kappa shape index (κ1) is 34.3. The van der Waals surface area contributed by atoms with E-state index in [1.54, 1.807) is 21.4 Å². The van der Waals surface area contributed by atoms with Crippen molar-refractivity contribution in [2.24, 2.45) is 3.31 Å². The minimum atomic E-state index is -1.26. The maximum atomic E-state index is 12.2. The highest BCUT2D eigenvalue weighted by atomic mass is 127. The highest BCUT2D eigenvalue weighted by molar-refractivity contribution is 14.2. The van der Waals surface area contributed by atoms with Crippen LogP contribution in [0.25, 0.3) is 0 Å². The molecular formula is C28H38IN8O7S-. The number of carbonyl (C=O) groups is 5. The maximum absolute atomic E-state index is 12.2. The highest BCUT2D eigenvalue weighted by Gasteiger charge is 2.42. The molecule has 3 aliphatic heterocycles. The minimum Gasteiger partial charge on any atom is -0.545 e. The molecule has 0 radical (unpaired) electrons. The SMILES string of the molecule is O=C(CCCC[C@@H]1SC[C@@H]2NC(=O)N[C@@H]21)NCCCCCC(=O)NCCNC(=O)NC1=CN(c2ccc(C(=O)[O-])cc2)I=NO1. The molecule has 15 nitrogen and oxygen atoms in total. The lowest BCUT2D eigenvalue weighted by Crippen LogP contribution is -2.40. The standard InChI is InChI=1S/C28H39IN8O7S/c38-22(8-4-3-6-21-25-20(17-45-21)33-28(43)35-25)30-13-5-1-2-7-23(39)31-14-15-32-27(42)34-24-16-37(29-36-44-24)19-11-9-18(10-12-19)26(40)41/h9-12,16,20-21,25H,1-8,13-15,17H2,(H,30,38)(H,31,39)(H,40,41)(H2,32,34,42)(H2,33,35,43)/p-1/t20-,21-,25-/m0/s1. The lowest BCUT2D eigenvalue weighted by molar-refractivity contribution is -0.255. The van der Waals surface area contributed by atoms with E-state index in [2.05, 4.69) is 35.2 Å². The Morgan fingerprint density at radius 3 is 2.42 bits per heavy atom. The summed E-state index contributed by atoms with van der Waals surface area (Å²) >= 11 is 0.981. The summed E-state index contributed by atoms with van der Waals surface area (Å²) in [5, 5.41) is 28.1. The van der Waals surface area contributed by atoms with Crippen LogP contribution in [0.15, 0.2) is 39.7 Å². The van der Waals surface area contributed by atoms with Crippen molar-refractivity contribution < 1.29 is 33.9 Å². The molecule has 246 valence electrons. The molecular weight excluding hydrogens is 719 g/mol. The van der Waals surface area contributed by atoms with Gasteiger partial charge < -0.3 is 41.3 Å². The van der Waals surface area contributed by atoms with Gasteiger partial charge in [-0.2, -0.15) is 11.8 Å². The maximum Gasteiger partial charge on any atom is 0.321 e. The normalized spacial score (nSPS) is 20.0. The van der Waals surface area contributed by atoms with Crippen LogP contribution in [0.3, 0.4) is 0 Å². The third-order valence-corrected chi connectivity index (χ3v) is 10.5. The first-order chi connectivity index (χ1) is 21.8. The zero-order valence-corrected chi connectivity index (χ0v) is 27.6. The van der Waals surface area contributed by atoms with E-state index < -0.39 is 33.3 Å². The van der Waals surface area contributed by atoms with Crippen molar-refractivity contribution >= 4 is 68.6 Å². The Kier molecular flexibility index (Phi) is 13.5. The summed E-state index contributed by atoms with van der Waals surface area (Å²) in [6.45, 7) is 1.06. The van der Waals surface area contributed by atoms with Gasteiger partial charge in [0, 0.05) is 43.5 Å². The van der Waals surface area contributed by atoms with E-state index in [-0.39, 0.29) is 54.5 Å². The molecule has 0 bridgehead atoms. The summed E-state index contributed by atoms with van der Waals surface area (Å²) in [4.78, 5) is 63.9. The van der Waals surface area contributed by atoms with Crippen molar-refractivity contribution in [2.75, 3.05) is 28.5 Å². The van der Waals surface area contributed by atoms with Crippen molar-refractivity contribution in [3.8, 4) is 0 Å². The Hall–Kier alpha value is -3.61. The number of carbonyl (C=O) groups excluding carboxylic acids is 5. The molecule has 1 aromatic carbocycles. The van der Waals surface area contributed by atoms with Crippen LogP contribution in [0.4, 0.5) is 15.3 Å². The number of hydrogen-bond donors (Lipinski definition) is 6. The minimum absolute atomic E-state index is 0.0434. The van der Waals surface area contributed by atoms with Gasteiger partial charge >= 0.3 is 12.1 Å². The van der Waals surface area contributed by atoms with Gasteiger partial charge in [-0.05, 0) is 46.7 Å². The number of halogens is 1. The molecule has 1 aromatic rings. The predicted molar refractivity (Wildman–Crippen MR) is 174 cm³/mol. The average molecular weight is 758 g/mol. The predicted octanol–water partition coefficient (Wildman–Crippen LogP) is 1.49. The molecule has 6 amide bonds. The van der Waals surface area contributed by atoms with Crippen LogP contribution in [0.2, 0.25) is 0 Å². The largest absolute Gasteiger partial charge is 0.545 e. The fourth-order valence-electron chi connectivity index (χ4n) is 4.95. The number of rotatable bonds is 17. The Labute approximate surface area is 275 Å². The number of carboxylic acids is 1. The number of nitrogens with one attached hydrogen (secondary N) is 6. The second kappa shape index (κ2) is 17.8. The van der Waals surface area contributed by atoms with Gasteiger partial charge in [0.2, 0.25) is 17.7 Å². The van der Waals surface area contributed by atoms with Crippen molar-refractivity contribution in [1.29, 1.82) is 0 Å². The first-order valence-electron chi connectivity index (χ1n) is 14.9. The van der Waals surface area contributed by atoms with Crippen LogP contribution in [0.1, 0.15) is 61.7 Å². The average Bonchev–Trinajstić information content (AvgIpc) is 3.58. The monoisotopic (exact) mass is 757 g/mol. The molecule has 3 heterocycles. The molecule has 0 spiro atoms. The number of carboxylic acid groups (broad SMARTS) is 1. The quantitative estimate of drug-likeness (QED) is 0.0589. The van der Waals surface area contributed by atoms with Crippen LogP contribution in [0, 0.1) is 0 Å². The Morgan fingerprint density at radius 2 is 1.67 bits per heavy atom. The van der Waals surface area contributed by atoms with E-state index in [4.69, 9.17) is 4.84 Å². The van der Waals surface area contributed by atoms with E-state index >= 15 is 0 Å².